The molecule has 24 heavy (non-hydrogen) atoms. The topological polar surface area (TPSA) is 69.9 Å². The van der Waals surface area contributed by atoms with Crippen LogP contribution in [0.25, 0.3) is 11.0 Å². The summed E-state index contributed by atoms with van der Waals surface area (Å²) in [6, 6.07) is 2.74. The van der Waals surface area contributed by atoms with Crippen LogP contribution < -0.4 is 5.32 Å². The van der Waals surface area contributed by atoms with Crippen molar-refractivity contribution >= 4 is 29.2 Å². The van der Waals surface area contributed by atoms with Gasteiger partial charge in [-0.1, -0.05) is 6.42 Å². The van der Waals surface area contributed by atoms with Crippen molar-refractivity contribution in [1.82, 2.24) is 15.3 Å². The zero-order valence-electron chi connectivity index (χ0n) is 13.0. The molecule has 0 unspecified atom stereocenters. The molecule has 3 fully saturated rings. The highest BCUT2D eigenvalue weighted by Crippen LogP contribution is 2.62. The van der Waals surface area contributed by atoms with E-state index in [0.29, 0.717) is 33.4 Å². The van der Waals surface area contributed by atoms with Gasteiger partial charge in [-0.3, -0.25) is 4.79 Å². The van der Waals surface area contributed by atoms with Gasteiger partial charge in [0.05, 0.1) is 22.7 Å². The van der Waals surface area contributed by atoms with Crippen LogP contribution in [0, 0.1) is 21.9 Å². The van der Waals surface area contributed by atoms with Crippen molar-refractivity contribution in [3.63, 3.8) is 0 Å². The lowest BCUT2D eigenvalue weighted by atomic mass is 9.46. The molecule has 126 valence electrons. The van der Waals surface area contributed by atoms with E-state index in [-0.39, 0.29) is 17.4 Å². The first-order valence-electron chi connectivity index (χ1n) is 8.42. The van der Waals surface area contributed by atoms with Gasteiger partial charge in [-0.15, -0.1) is 0 Å². The van der Waals surface area contributed by atoms with Crippen molar-refractivity contribution in [3.8, 4) is 0 Å². The zero-order valence-corrected chi connectivity index (χ0v) is 13.8. The molecule has 7 heteroatoms. The Labute approximate surface area is 143 Å². The molecule has 1 aromatic carbocycles. The number of aromatic nitrogens is 2. The quantitative estimate of drug-likeness (QED) is 0.731. The Kier molecular flexibility index (Phi) is 2.98. The number of benzene rings is 1. The van der Waals surface area contributed by atoms with Crippen molar-refractivity contribution in [2.45, 2.75) is 37.8 Å². The molecule has 3 N–H and O–H groups in total. The Morgan fingerprint density at radius 2 is 2.21 bits per heavy atom. The maximum Gasteiger partial charge on any atom is 0.253 e. The van der Waals surface area contributed by atoms with E-state index in [1.807, 2.05) is 0 Å². The van der Waals surface area contributed by atoms with Crippen LogP contribution >= 0.6 is 12.2 Å². The molecule has 0 bridgehead atoms. The van der Waals surface area contributed by atoms with Crippen molar-refractivity contribution in [3.05, 3.63) is 28.3 Å². The van der Waals surface area contributed by atoms with Gasteiger partial charge in [0.15, 0.2) is 4.77 Å². The Morgan fingerprint density at radius 1 is 1.38 bits per heavy atom. The van der Waals surface area contributed by atoms with E-state index < -0.39 is 5.82 Å². The summed E-state index contributed by atoms with van der Waals surface area (Å²) in [4.78, 5) is 18.7. The average Bonchev–Trinajstić information content (AvgIpc) is 3.06. The highest BCUT2D eigenvalue weighted by atomic mass is 32.1. The number of imidazole rings is 1. The van der Waals surface area contributed by atoms with Crippen LogP contribution in [0.3, 0.4) is 0 Å². The van der Waals surface area contributed by atoms with Crippen LogP contribution in [0.2, 0.25) is 0 Å². The Balaban J connectivity index is 1.48. The summed E-state index contributed by atoms with van der Waals surface area (Å²) >= 11 is 5.07. The summed E-state index contributed by atoms with van der Waals surface area (Å²) in [5.74, 6) is -0.304. The summed E-state index contributed by atoms with van der Waals surface area (Å²) in [6.07, 6.45) is 4.67. The fraction of sp³-hybridized carbons (Fsp3) is 0.529. The summed E-state index contributed by atoms with van der Waals surface area (Å²) in [5, 5.41) is 3.17. The number of carbonyl (C=O) groups is 1. The van der Waals surface area contributed by atoms with E-state index in [2.05, 4.69) is 15.3 Å². The van der Waals surface area contributed by atoms with Crippen LogP contribution in [0.4, 0.5) is 4.39 Å². The third-order valence-electron chi connectivity index (χ3n) is 6.16. The van der Waals surface area contributed by atoms with Crippen LogP contribution in [0.5, 0.6) is 0 Å². The number of fused-ring (bicyclic) bond motifs is 3. The van der Waals surface area contributed by atoms with E-state index in [4.69, 9.17) is 17.0 Å². The number of rotatable bonds is 2. The lowest BCUT2D eigenvalue weighted by Gasteiger charge is -2.63. The second kappa shape index (κ2) is 4.89. The molecule has 1 aliphatic heterocycles. The molecule has 2 aliphatic carbocycles. The second-order valence-electron chi connectivity index (χ2n) is 7.24. The fourth-order valence-corrected chi connectivity index (χ4v) is 5.17. The van der Waals surface area contributed by atoms with Gasteiger partial charge >= 0.3 is 0 Å². The average molecular weight is 347 g/mol. The lowest BCUT2D eigenvalue weighted by Crippen LogP contribution is -2.71. The molecule has 2 aromatic rings. The summed E-state index contributed by atoms with van der Waals surface area (Å²) < 4.78 is 20.1. The molecule has 3 aliphatic rings. The number of ether oxygens (including phenoxy) is 1. The SMILES string of the molecule is O=C(N[C@@H]1[C@@H]2CCO[C@@H]2C12CCC2)c1cc(F)cc2[nH]c(=S)[nH]c12. The van der Waals surface area contributed by atoms with Crippen molar-refractivity contribution in [2.24, 2.45) is 11.3 Å². The largest absolute Gasteiger partial charge is 0.377 e. The smallest absolute Gasteiger partial charge is 0.253 e. The van der Waals surface area contributed by atoms with Crippen LogP contribution in [-0.2, 0) is 4.74 Å². The van der Waals surface area contributed by atoms with Gasteiger partial charge in [-0.2, -0.15) is 0 Å². The van der Waals surface area contributed by atoms with Crippen molar-refractivity contribution < 1.29 is 13.9 Å². The minimum atomic E-state index is -0.452. The number of aromatic amines is 2. The number of amides is 1. The third-order valence-corrected chi connectivity index (χ3v) is 6.36. The Bertz CT molecular complexity index is 901. The molecule has 1 saturated heterocycles. The fourth-order valence-electron chi connectivity index (χ4n) is 4.96. The first-order chi connectivity index (χ1) is 11.6. The van der Waals surface area contributed by atoms with Crippen molar-refractivity contribution in [2.75, 3.05) is 6.61 Å². The molecule has 2 heterocycles. The van der Waals surface area contributed by atoms with Gasteiger partial charge in [0, 0.05) is 24.0 Å². The molecule has 1 aromatic heterocycles. The van der Waals surface area contributed by atoms with Crippen molar-refractivity contribution in [1.29, 1.82) is 0 Å². The predicted octanol–water partition coefficient (Wildman–Crippen LogP) is 3.05. The molecule has 2 saturated carbocycles. The van der Waals surface area contributed by atoms with Gasteiger partial charge < -0.3 is 20.0 Å². The van der Waals surface area contributed by atoms with E-state index in [1.54, 1.807) is 0 Å². The molecular formula is C17H18FN3O2S. The number of halogens is 1. The maximum absolute atomic E-state index is 13.9. The minimum absolute atomic E-state index is 0.105. The minimum Gasteiger partial charge on any atom is -0.377 e. The number of nitrogens with one attached hydrogen (secondary N) is 3. The molecule has 1 spiro atoms. The number of hydrogen-bond acceptors (Lipinski definition) is 3. The highest BCUT2D eigenvalue weighted by Gasteiger charge is 2.66. The van der Waals surface area contributed by atoms with Crippen LogP contribution in [0.1, 0.15) is 36.0 Å². The molecule has 1 amide bonds. The number of carbonyl (C=O) groups excluding carboxylic acids is 1. The molecule has 3 atom stereocenters. The van der Waals surface area contributed by atoms with Gasteiger partial charge in [0.2, 0.25) is 0 Å². The molecule has 0 radical (unpaired) electrons. The van der Waals surface area contributed by atoms with Gasteiger partial charge in [0.1, 0.15) is 5.82 Å². The summed E-state index contributed by atoms with van der Waals surface area (Å²) in [6.45, 7) is 0.776. The normalized spacial score (nSPS) is 30.0. The van der Waals surface area contributed by atoms with Gasteiger partial charge in [0.25, 0.3) is 5.91 Å². The van der Waals surface area contributed by atoms with E-state index >= 15 is 0 Å². The first kappa shape index (κ1) is 14.6. The molecular weight excluding hydrogens is 329 g/mol. The first-order valence-corrected chi connectivity index (χ1v) is 8.83. The standard InChI is InChI=1S/C17H18FN3O2S/c18-8-6-10(12-11(7-8)19-16(24)20-12)15(22)21-13-9-2-5-23-14(9)17(13)3-1-4-17/h6-7,9,13-14H,1-5H2,(H,21,22)(H2,19,20,24)/t9-,13+,14-/m0/s1. The van der Waals surface area contributed by atoms with Gasteiger partial charge in [-0.25, -0.2) is 4.39 Å². The van der Waals surface area contributed by atoms with E-state index in [1.165, 1.54) is 18.6 Å². The molecule has 5 rings (SSSR count). The maximum atomic E-state index is 13.9. The second-order valence-corrected chi connectivity index (χ2v) is 7.65. The summed E-state index contributed by atoms with van der Waals surface area (Å²) in [5.41, 5.74) is 1.47. The number of hydrogen-bond donors (Lipinski definition) is 3. The van der Waals surface area contributed by atoms with Gasteiger partial charge in [-0.05, 0) is 43.6 Å². The molecule has 5 nitrogen and oxygen atoms in total. The Hall–Kier alpha value is -1.73. The lowest BCUT2D eigenvalue weighted by molar-refractivity contribution is -0.172. The Morgan fingerprint density at radius 3 is 2.96 bits per heavy atom. The predicted molar refractivity (Wildman–Crippen MR) is 88.8 cm³/mol. The van der Waals surface area contributed by atoms with E-state index in [9.17, 15) is 9.18 Å². The van der Waals surface area contributed by atoms with Crippen LogP contribution in [-0.4, -0.2) is 34.6 Å². The number of H-pyrrole nitrogens is 2. The summed E-state index contributed by atoms with van der Waals surface area (Å²) in [7, 11) is 0. The van der Waals surface area contributed by atoms with Crippen LogP contribution in [0.15, 0.2) is 12.1 Å². The monoisotopic (exact) mass is 347 g/mol. The zero-order chi connectivity index (χ0) is 16.5. The third kappa shape index (κ3) is 1.82. The highest BCUT2D eigenvalue weighted by molar-refractivity contribution is 7.71. The van der Waals surface area contributed by atoms with E-state index in [0.717, 1.165) is 25.9 Å².